The molecular formula is C18H27BrN2. The maximum Gasteiger partial charge on any atom is 0.0499 e. The first kappa shape index (κ1) is 15.5. The van der Waals surface area contributed by atoms with Gasteiger partial charge in [-0.2, -0.15) is 0 Å². The molecule has 1 aromatic rings. The van der Waals surface area contributed by atoms with Gasteiger partial charge in [0, 0.05) is 22.6 Å². The molecule has 1 saturated carbocycles. The Morgan fingerprint density at radius 2 is 1.76 bits per heavy atom. The number of likely N-dealkylation sites (tertiary alicyclic amines) is 1. The molecule has 0 aromatic heterocycles. The van der Waals surface area contributed by atoms with Crippen molar-refractivity contribution in [1.29, 1.82) is 0 Å². The van der Waals surface area contributed by atoms with Gasteiger partial charge in [0.2, 0.25) is 0 Å². The molecule has 0 bridgehead atoms. The fraction of sp³-hybridized carbons (Fsp3) is 0.667. The molecule has 116 valence electrons. The predicted octanol–water partition coefficient (Wildman–Crippen LogP) is 4.49. The molecule has 0 radical (unpaired) electrons. The first-order chi connectivity index (χ1) is 10.2. The van der Waals surface area contributed by atoms with Gasteiger partial charge in [0.1, 0.15) is 0 Å². The zero-order chi connectivity index (χ0) is 14.8. The average Bonchev–Trinajstić information content (AvgIpc) is 2.49. The van der Waals surface area contributed by atoms with Crippen molar-refractivity contribution in [2.75, 3.05) is 6.54 Å². The molecule has 2 fully saturated rings. The highest BCUT2D eigenvalue weighted by Crippen LogP contribution is 2.40. The van der Waals surface area contributed by atoms with E-state index in [1.54, 1.807) is 0 Å². The lowest BCUT2D eigenvalue weighted by Crippen LogP contribution is -2.52. The summed E-state index contributed by atoms with van der Waals surface area (Å²) in [5.41, 5.74) is 7.78. The Balaban J connectivity index is 1.87. The number of fused-ring (bicyclic) bond motifs is 1. The van der Waals surface area contributed by atoms with E-state index >= 15 is 0 Å². The normalized spacial score (nSPS) is 29.7. The van der Waals surface area contributed by atoms with Gasteiger partial charge >= 0.3 is 0 Å². The summed E-state index contributed by atoms with van der Waals surface area (Å²) < 4.78 is 1.14. The van der Waals surface area contributed by atoms with Crippen molar-refractivity contribution in [2.24, 2.45) is 11.7 Å². The Kier molecular flexibility index (Phi) is 5.03. The molecule has 2 nitrogen and oxygen atoms in total. The Morgan fingerprint density at radius 3 is 2.48 bits per heavy atom. The van der Waals surface area contributed by atoms with Crippen LogP contribution in [0.2, 0.25) is 0 Å². The topological polar surface area (TPSA) is 29.3 Å². The number of hydrogen-bond donors (Lipinski definition) is 1. The number of benzene rings is 1. The van der Waals surface area contributed by atoms with E-state index in [9.17, 15) is 0 Å². The first-order valence-electron chi connectivity index (χ1n) is 8.43. The largest absolute Gasteiger partial charge is 0.326 e. The minimum atomic E-state index is 0.173. The van der Waals surface area contributed by atoms with Crippen LogP contribution in [-0.2, 0) is 0 Å². The van der Waals surface area contributed by atoms with Crippen molar-refractivity contribution in [2.45, 2.75) is 63.6 Å². The molecule has 1 aliphatic carbocycles. The van der Waals surface area contributed by atoms with Gasteiger partial charge in [-0.3, -0.25) is 4.90 Å². The van der Waals surface area contributed by atoms with Gasteiger partial charge < -0.3 is 5.73 Å². The van der Waals surface area contributed by atoms with Crippen molar-refractivity contribution in [3.8, 4) is 0 Å². The molecule has 1 heterocycles. The monoisotopic (exact) mass is 350 g/mol. The van der Waals surface area contributed by atoms with Gasteiger partial charge in [-0.15, -0.1) is 0 Å². The van der Waals surface area contributed by atoms with Gasteiger partial charge in [0.25, 0.3) is 0 Å². The summed E-state index contributed by atoms with van der Waals surface area (Å²) >= 11 is 3.54. The lowest BCUT2D eigenvalue weighted by Gasteiger charge is -2.49. The molecule has 2 N–H and O–H groups in total. The van der Waals surface area contributed by atoms with Crippen LogP contribution in [0.4, 0.5) is 0 Å². The summed E-state index contributed by atoms with van der Waals surface area (Å²) in [7, 11) is 0. The fourth-order valence-electron chi connectivity index (χ4n) is 4.47. The number of rotatable bonds is 3. The van der Waals surface area contributed by atoms with Gasteiger partial charge in [-0.25, -0.2) is 0 Å². The zero-order valence-electron chi connectivity index (χ0n) is 13.0. The summed E-state index contributed by atoms with van der Waals surface area (Å²) in [6.45, 7) is 3.38. The van der Waals surface area contributed by atoms with E-state index in [1.807, 2.05) is 0 Å². The second-order valence-electron chi connectivity index (χ2n) is 6.85. The third kappa shape index (κ3) is 3.35. The Bertz CT molecular complexity index is 455. The molecular weight excluding hydrogens is 324 g/mol. The molecule has 0 amide bonds. The van der Waals surface area contributed by atoms with E-state index in [2.05, 4.69) is 52.0 Å². The molecule has 1 aliphatic heterocycles. The van der Waals surface area contributed by atoms with Gasteiger partial charge in [0.05, 0.1) is 0 Å². The lowest BCUT2D eigenvalue weighted by atomic mass is 9.77. The van der Waals surface area contributed by atoms with Crippen LogP contribution in [0.5, 0.6) is 0 Å². The third-order valence-corrected chi connectivity index (χ3v) is 5.88. The molecule has 2 aliphatic rings. The Hall–Kier alpha value is -0.380. The van der Waals surface area contributed by atoms with Crippen molar-refractivity contribution < 1.29 is 0 Å². The average molecular weight is 351 g/mol. The number of nitrogens with zero attached hydrogens (tertiary/aromatic N) is 1. The third-order valence-electron chi connectivity index (χ3n) is 5.35. The smallest absolute Gasteiger partial charge is 0.0499 e. The number of nitrogens with two attached hydrogens (primary N) is 1. The molecule has 3 rings (SSSR count). The molecule has 21 heavy (non-hydrogen) atoms. The highest BCUT2D eigenvalue weighted by atomic mass is 79.9. The molecule has 4 atom stereocenters. The van der Waals surface area contributed by atoms with Crippen LogP contribution in [0, 0.1) is 5.92 Å². The molecule has 4 unspecified atom stereocenters. The van der Waals surface area contributed by atoms with Crippen LogP contribution < -0.4 is 5.73 Å². The predicted molar refractivity (Wildman–Crippen MR) is 92.2 cm³/mol. The number of piperidine rings is 1. The summed E-state index contributed by atoms with van der Waals surface area (Å²) in [4.78, 5) is 2.74. The molecule has 3 heteroatoms. The lowest BCUT2D eigenvalue weighted by molar-refractivity contribution is 0.0178. The zero-order valence-corrected chi connectivity index (χ0v) is 14.6. The minimum Gasteiger partial charge on any atom is -0.326 e. The number of hydrogen-bond acceptors (Lipinski definition) is 2. The van der Waals surface area contributed by atoms with E-state index in [0.29, 0.717) is 6.04 Å². The van der Waals surface area contributed by atoms with Crippen molar-refractivity contribution in [1.82, 2.24) is 4.90 Å². The van der Waals surface area contributed by atoms with Gasteiger partial charge in [-0.1, -0.05) is 40.9 Å². The van der Waals surface area contributed by atoms with E-state index in [4.69, 9.17) is 5.73 Å². The Morgan fingerprint density at radius 1 is 1.10 bits per heavy atom. The maximum atomic E-state index is 6.41. The standard InChI is InChI=1S/C18H27BrN2/c1-13(20)18(15-8-10-16(19)11-9-15)21-12-4-6-14-5-2-3-7-17(14)21/h8-11,13-14,17-18H,2-7,12,20H2,1H3. The minimum absolute atomic E-state index is 0.173. The maximum absolute atomic E-state index is 6.41. The molecule has 0 spiro atoms. The second kappa shape index (κ2) is 6.80. The van der Waals surface area contributed by atoms with Crippen molar-refractivity contribution in [3.63, 3.8) is 0 Å². The van der Waals surface area contributed by atoms with Crippen LogP contribution in [-0.4, -0.2) is 23.5 Å². The number of halogens is 1. The van der Waals surface area contributed by atoms with Crippen LogP contribution in [0.25, 0.3) is 0 Å². The summed E-state index contributed by atoms with van der Waals surface area (Å²) in [5.74, 6) is 0.907. The summed E-state index contributed by atoms with van der Waals surface area (Å²) in [5, 5.41) is 0. The SMILES string of the molecule is CC(N)C(c1ccc(Br)cc1)N1CCCC2CCCCC21. The van der Waals surface area contributed by atoms with Gasteiger partial charge in [0.15, 0.2) is 0 Å². The van der Waals surface area contributed by atoms with Crippen molar-refractivity contribution in [3.05, 3.63) is 34.3 Å². The first-order valence-corrected chi connectivity index (χ1v) is 9.23. The highest BCUT2D eigenvalue weighted by molar-refractivity contribution is 9.10. The summed E-state index contributed by atoms with van der Waals surface area (Å²) in [6, 6.07) is 10.1. The van der Waals surface area contributed by atoms with E-state index in [0.717, 1.165) is 16.4 Å². The van der Waals surface area contributed by atoms with Crippen molar-refractivity contribution >= 4 is 15.9 Å². The van der Waals surface area contributed by atoms with E-state index in [-0.39, 0.29) is 6.04 Å². The highest BCUT2D eigenvalue weighted by Gasteiger charge is 2.38. The second-order valence-corrected chi connectivity index (χ2v) is 7.76. The van der Waals surface area contributed by atoms with Crippen LogP contribution in [0.15, 0.2) is 28.7 Å². The van der Waals surface area contributed by atoms with Gasteiger partial charge in [-0.05, 0) is 62.8 Å². The summed E-state index contributed by atoms with van der Waals surface area (Å²) in [6.07, 6.45) is 8.37. The van der Waals surface area contributed by atoms with E-state index in [1.165, 1.54) is 50.6 Å². The van der Waals surface area contributed by atoms with E-state index < -0.39 is 0 Å². The van der Waals surface area contributed by atoms with Crippen LogP contribution in [0.3, 0.4) is 0 Å². The Labute approximate surface area is 137 Å². The quantitative estimate of drug-likeness (QED) is 0.869. The fourth-order valence-corrected chi connectivity index (χ4v) is 4.73. The molecule has 1 aromatic carbocycles. The van der Waals surface area contributed by atoms with Crippen LogP contribution >= 0.6 is 15.9 Å². The van der Waals surface area contributed by atoms with Crippen LogP contribution in [0.1, 0.15) is 57.1 Å². The molecule has 1 saturated heterocycles.